The van der Waals surface area contributed by atoms with Crippen LogP contribution in [-0.4, -0.2) is 32.0 Å². The van der Waals surface area contributed by atoms with Crippen LogP contribution in [0, 0.1) is 6.92 Å². The second-order valence-electron chi connectivity index (χ2n) is 3.15. The van der Waals surface area contributed by atoms with Crippen molar-refractivity contribution in [3.63, 3.8) is 0 Å². The van der Waals surface area contributed by atoms with Gasteiger partial charge in [-0.15, -0.1) is 0 Å². The molecular formula is C10H13ClCuN3O2S2. The maximum absolute atomic E-state index is 9.80. The number of halogens is 1. The van der Waals surface area contributed by atoms with Crippen LogP contribution in [0.15, 0.2) is 11.3 Å². The predicted molar refractivity (Wildman–Crippen MR) is 79.3 cm³/mol. The van der Waals surface area contributed by atoms with Crippen LogP contribution < -0.4 is 5.43 Å². The predicted octanol–water partition coefficient (Wildman–Crippen LogP) is 1.85. The molecule has 0 aromatic carbocycles. The molecule has 0 atom stereocenters. The number of hydrazone groups is 1. The number of aromatic nitrogens is 1. The Balaban J connectivity index is 0.00000154. The molecular weight excluding hydrogens is 357 g/mol. The second-order valence-corrected chi connectivity index (χ2v) is 4.63. The maximum atomic E-state index is 9.80. The van der Waals surface area contributed by atoms with E-state index < -0.39 is 0 Å². The first-order chi connectivity index (χ1) is 9.10. The third kappa shape index (κ3) is 6.07. The van der Waals surface area contributed by atoms with E-state index in [1.54, 1.807) is 6.92 Å². The summed E-state index contributed by atoms with van der Waals surface area (Å²) in [6, 6.07) is 0. The Labute approximate surface area is 133 Å². The molecule has 0 radical (unpaired) electrons. The van der Waals surface area contributed by atoms with Gasteiger partial charge in [0.25, 0.3) is 0 Å². The van der Waals surface area contributed by atoms with Crippen molar-refractivity contribution in [1.29, 1.82) is 0 Å². The van der Waals surface area contributed by atoms with Crippen molar-refractivity contribution in [2.45, 2.75) is 13.5 Å². The van der Waals surface area contributed by atoms with Gasteiger partial charge in [0.1, 0.15) is 5.75 Å². The normalized spacial score (nSPS) is 10.0. The Bertz CT molecular complexity index is 461. The minimum atomic E-state index is -0.213. The molecule has 0 fully saturated rings. The van der Waals surface area contributed by atoms with Crippen LogP contribution in [0.2, 0.25) is 0 Å². The number of aromatic hydroxyl groups is 1. The van der Waals surface area contributed by atoms with Crippen LogP contribution in [0.4, 0.5) is 0 Å². The first-order valence-electron chi connectivity index (χ1n) is 4.86. The van der Waals surface area contributed by atoms with Gasteiger partial charge < -0.3 is 10.2 Å². The van der Waals surface area contributed by atoms with E-state index in [0.29, 0.717) is 21.1 Å². The fourth-order valence-corrected chi connectivity index (χ4v) is 1.31. The third-order valence-corrected chi connectivity index (χ3v) is 3.12. The Kier molecular flexibility index (Phi) is 10.2. The topological polar surface area (TPSA) is 77.7 Å². The van der Waals surface area contributed by atoms with E-state index in [0.717, 1.165) is 0 Å². The number of thiocarbonyl (C=S) groups is 1. The Morgan fingerprint density at radius 1 is 1.68 bits per heavy atom. The number of aryl methyl sites for hydroxylation is 1. The molecule has 0 saturated carbocycles. The fourth-order valence-electron chi connectivity index (χ4n) is 1.12. The van der Waals surface area contributed by atoms with E-state index in [9.17, 15) is 5.11 Å². The summed E-state index contributed by atoms with van der Waals surface area (Å²) in [6.07, 6.45) is 4.75. The number of rotatable bonds is 3. The van der Waals surface area contributed by atoms with Crippen molar-refractivity contribution in [3.05, 3.63) is 23.0 Å². The Morgan fingerprint density at radius 2 is 2.32 bits per heavy atom. The number of pyridine rings is 1. The molecule has 5 nitrogen and oxygen atoms in total. The summed E-state index contributed by atoms with van der Waals surface area (Å²) < 4.78 is 0.525. The van der Waals surface area contributed by atoms with E-state index >= 15 is 0 Å². The summed E-state index contributed by atoms with van der Waals surface area (Å²) in [5, 5.41) is 22.8. The molecule has 110 valence electrons. The fraction of sp³-hybridized carbons (Fsp3) is 0.300. The molecule has 0 amide bonds. The molecule has 0 aliphatic carbocycles. The van der Waals surface area contributed by atoms with Crippen molar-refractivity contribution < 1.29 is 25.3 Å². The Morgan fingerprint density at radius 3 is 2.84 bits per heavy atom. The summed E-state index contributed by atoms with van der Waals surface area (Å²) >= 11 is 9.92. The number of aliphatic hydroxyl groups excluding tert-OH is 1. The molecule has 0 bridgehead atoms. The number of hydrogen-bond donors (Lipinski definition) is 3. The zero-order chi connectivity index (χ0) is 14.8. The molecule has 0 aliphatic rings. The summed E-state index contributed by atoms with van der Waals surface area (Å²) in [5.41, 5.74) is 4.06. The van der Waals surface area contributed by atoms with Crippen LogP contribution >= 0.6 is 34.1 Å². The van der Waals surface area contributed by atoms with E-state index in [4.69, 9.17) is 17.3 Å². The number of thioether (sulfide) groups is 1. The molecule has 0 spiro atoms. The molecule has 0 unspecified atom stereocenters. The molecule has 3 N–H and O–H groups in total. The molecule has 19 heavy (non-hydrogen) atoms. The number of nitrogens with one attached hydrogen (secondary N) is 1. The first-order valence-corrected chi connectivity index (χ1v) is 7.79. The zero-order valence-corrected chi connectivity index (χ0v) is 13.5. The number of hydrogen-bond acceptors (Lipinski definition) is 6. The van der Waals surface area contributed by atoms with Gasteiger partial charge in [0, 0.05) is 17.3 Å². The Hall–Kier alpha value is -0.371. The number of nitrogens with zero attached hydrogens (tertiary/aromatic N) is 2. The van der Waals surface area contributed by atoms with Crippen molar-refractivity contribution in [3.8, 4) is 5.75 Å². The van der Waals surface area contributed by atoms with Crippen molar-refractivity contribution in [2.24, 2.45) is 5.10 Å². The van der Waals surface area contributed by atoms with E-state index in [1.807, 2.05) is 6.26 Å². The van der Waals surface area contributed by atoms with Crippen molar-refractivity contribution in [2.75, 3.05) is 6.26 Å². The van der Waals surface area contributed by atoms with Crippen LogP contribution in [0.3, 0.4) is 0 Å². The zero-order valence-electron chi connectivity index (χ0n) is 10.1. The minimum absolute atomic E-state index is 0.0113. The molecule has 1 aromatic rings. The average molecular weight is 370 g/mol. The molecule has 1 rings (SSSR count). The summed E-state index contributed by atoms with van der Waals surface area (Å²) in [6.45, 7) is 1.46. The van der Waals surface area contributed by atoms with Gasteiger partial charge in [-0.05, 0) is 13.2 Å². The summed E-state index contributed by atoms with van der Waals surface area (Å²) in [4.78, 5) is 3.95. The van der Waals surface area contributed by atoms with E-state index in [-0.39, 0.29) is 12.4 Å². The summed E-state index contributed by atoms with van der Waals surface area (Å²) in [7, 11) is 4.20. The standard InChI is InChI=1S/C10H13N3O2S2.ClH.Cu/c1-6-9(15)8(7(5-14)3-11-6)4-12-13-10(16)17-2;;/h3-4,14-15H,5H2,1-2H3,(H,13,16);1H;/q;;+1/p-1/b12-4+;;. The first kappa shape index (κ1) is 18.6. The van der Waals surface area contributed by atoms with E-state index in [1.165, 1.54) is 24.2 Å². The molecule has 0 saturated heterocycles. The van der Waals surface area contributed by atoms with Gasteiger partial charge in [-0.2, -0.15) is 5.10 Å². The molecule has 9 heteroatoms. The monoisotopic (exact) mass is 369 g/mol. The van der Waals surface area contributed by atoms with Crippen LogP contribution in [0.5, 0.6) is 5.75 Å². The van der Waals surface area contributed by atoms with Gasteiger partial charge in [0.15, 0.2) is 4.32 Å². The summed E-state index contributed by atoms with van der Waals surface area (Å²) in [5.74, 6) is 0.0113. The quantitative estimate of drug-likeness (QED) is 0.326. The van der Waals surface area contributed by atoms with Gasteiger partial charge >= 0.3 is 25.2 Å². The third-order valence-electron chi connectivity index (χ3n) is 2.06. The van der Waals surface area contributed by atoms with Crippen molar-refractivity contribution in [1.82, 2.24) is 10.4 Å². The van der Waals surface area contributed by atoms with Crippen LogP contribution in [0.25, 0.3) is 0 Å². The number of aliphatic hydroxyl groups is 1. The van der Waals surface area contributed by atoms with Gasteiger partial charge in [0.2, 0.25) is 0 Å². The second kappa shape index (κ2) is 10.4. The van der Waals surface area contributed by atoms with E-state index in [2.05, 4.69) is 40.7 Å². The van der Waals surface area contributed by atoms with Crippen LogP contribution in [-0.2, 0) is 21.7 Å². The van der Waals surface area contributed by atoms with Gasteiger partial charge in [-0.1, -0.05) is 24.0 Å². The van der Waals surface area contributed by atoms with Gasteiger partial charge in [-0.25, -0.2) is 0 Å². The SMILES string of the molecule is CSC(=S)N/N=C/c1c(CO)cnc(C)c1O.[Cl][Cu]. The molecule has 1 heterocycles. The van der Waals surface area contributed by atoms with Gasteiger partial charge in [-0.3, -0.25) is 10.4 Å². The molecule has 1 aromatic heterocycles. The van der Waals surface area contributed by atoms with Gasteiger partial charge in [0.05, 0.1) is 18.5 Å². The average Bonchev–Trinajstić information content (AvgIpc) is 2.45. The van der Waals surface area contributed by atoms with Crippen LogP contribution in [0.1, 0.15) is 16.8 Å². The molecule has 0 aliphatic heterocycles. The van der Waals surface area contributed by atoms with Crippen molar-refractivity contribution >= 4 is 44.6 Å².